The van der Waals surface area contributed by atoms with Crippen molar-refractivity contribution in [1.29, 1.82) is 0 Å². The highest BCUT2D eigenvalue weighted by atomic mass is 16.2. The second-order valence-corrected chi connectivity index (χ2v) is 5.27. The van der Waals surface area contributed by atoms with Gasteiger partial charge < -0.3 is 16.0 Å². The first kappa shape index (κ1) is 14.3. The van der Waals surface area contributed by atoms with Crippen molar-refractivity contribution in [3.05, 3.63) is 36.4 Å². The first-order valence-corrected chi connectivity index (χ1v) is 7.39. The van der Waals surface area contributed by atoms with Crippen LogP contribution in [0.25, 0.3) is 10.9 Å². The summed E-state index contributed by atoms with van der Waals surface area (Å²) in [4.78, 5) is 27.4. The fourth-order valence-electron chi connectivity index (χ4n) is 2.47. The molecule has 6 nitrogen and oxygen atoms in total. The van der Waals surface area contributed by atoms with Gasteiger partial charge in [-0.3, -0.25) is 9.59 Å². The molecule has 0 radical (unpaired) electrons. The second-order valence-electron chi connectivity index (χ2n) is 5.27. The Labute approximate surface area is 128 Å². The fraction of sp³-hybridized carbons (Fsp3) is 0.312. The number of hydrogen-bond acceptors (Lipinski definition) is 4. The lowest BCUT2D eigenvalue weighted by molar-refractivity contribution is -0.125. The van der Waals surface area contributed by atoms with Crippen LogP contribution in [0.5, 0.6) is 0 Å². The minimum atomic E-state index is -0.383. The molecule has 1 aliphatic heterocycles. The van der Waals surface area contributed by atoms with Crippen LogP contribution in [0.2, 0.25) is 0 Å². The average Bonchev–Trinajstić information content (AvgIpc) is 2.98. The van der Waals surface area contributed by atoms with Gasteiger partial charge in [0.05, 0.1) is 5.52 Å². The minimum Gasteiger partial charge on any atom is -0.368 e. The van der Waals surface area contributed by atoms with Gasteiger partial charge >= 0.3 is 0 Å². The van der Waals surface area contributed by atoms with E-state index in [4.69, 9.17) is 0 Å². The van der Waals surface area contributed by atoms with Crippen LogP contribution < -0.4 is 16.0 Å². The normalized spacial score (nSPS) is 17.3. The minimum absolute atomic E-state index is 0.0568. The highest BCUT2D eigenvalue weighted by Gasteiger charge is 2.26. The number of aromatic nitrogens is 1. The van der Waals surface area contributed by atoms with Crippen molar-refractivity contribution >= 4 is 28.5 Å². The van der Waals surface area contributed by atoms with Crippen LogP contribution in [0, 0.1) is 0 Å². The first-order valence-electron chi connectivity index (χ1n) is 7.39. The Morgan fingerprint density at radius 3 is 2.91 bits per heavy atom. The molecule has 22 heavy (non-hydrogen) atoms. The average molecular weight is 298 g/mol. The summed E-state index contributed by atoms with van der Waals surface area (Å²) in [6.07, 6.45) is 1.00. The summed E-state index contributed by atoms with van der Waals surface area (Å²) in [6, 6.07) is 11.5. The maximum atomic E-state index is 11.8. The van der Waals surface area contributed by atoms with Crippen molar-refractivity contribution in [2.45, 2.75) is 18.9 Å². The number of fused-ring (bicyclic) bond motifs is 1. The zero-order valence-electron chi connectivity index (χ0n) is 12.1. The smallest absolute Gasteiger partial charge is 0.242 e. The lowest BCUT2D eigenvalue weighted by Crippen LogP contribution is -2.43. The number of nitrogens with one attached hydrogen (secondary N) is 3. The molecule has 0 bridgehead atoms. The van der Waals surface area contributed by atoms with E-state index < -0.39 is 0 Å². The molecule has 0 unspecified atom stereocenters. The Hall–Kier alpha value is -2.63. The molecule has 1 atom stereocenters. The number of hydrogen-bond donors (Lipinski definition) is 3. The maximum absolute atomic E-state index is 11.8. The van der Waals surface area contributed by atoms with Crippen molar-refractivity contribution in [3.63, 3.8) is 0 Å². The summed E-state index contributed by atoms with van der Waals surface area (Å²) < 4.78 is 0. The number of pyridine rings is 1. The molecule has 2 amide bonds. The van der Waals surface area contributed by atoms with Gasteiger partial charge in [0.15, 0.2) is 0 Å². The largest absolute Gasteiger partial charge is 0.368 e. The van der Waals surface area contributed by atoms with E-state index in [1.165, 1.54) is 0 Å². The van der Waals surface area contributed by atoms with Gasteiger partial charge in [-0.2, -0.15) is 0 Å². The molecule has 0 saturated carbocycles. The second kappa shape index (κ2) is 6.43. The maximum Gasteiger partial charge on any atom is 0.242 e. The molecule has 0 aliphatic carbocycles. The quantitative estimate of drug-likeness (QED) is 0.720. The van der Waals surface area contributed by atoms with Gasteiger partial charge in [-0.15, -0.1) is 0 Å². The Morgan fingerprint density at radius 1 is 1.23 bits per heavy atom. The van der Waals surface area contributed by atoms with Crippen LogP contribution in [0.1, 0.15) is 12.8 Å². The molecule has 1 aliphatic rings. The molecule has 1 aromatic carbocycles. The molecule has 1 saturated heterocycles. The number of rotatable bonds is 5. The van der Waals surface area contributed by atoms with Crippen LogP contribution >= 0.6 is 0 Å². The summed E-state index contributed by atoms with van der Waals surface area (Å²) in [5.41, 5.74) is 0.935. The first-order chi connectivity index (χ1) is 10.7. The fourth-order valence-corrected chi connectivity index (χ4v) is 2.47. The molecule has 0 spiro atoms. The van der Waals surface area contributed by atoms with E-state index >= 15 is 0 Å². The highest BCUT2D eigenvalue weighted by Crippen LogP contribution is 2.14. The van der Waals surface area contributed by atoms with E-state index in [1.807, 2.05) is 36.4 Å². The Morgan fingerprint density at radius 2 is 2.09 bits per heavy atom. The summed E-state index contributed by atoms with van der Waals surface area (Å²) in [5, 5.41) is 9.73. The summed E-state index contributed by atoms with van der Waals surface area (Å²) in [6.45, 7) is 1.07. The van der Waals surface area contributed by atoms with Crippen molar-refractivity contribution in [3.8, 4) is 0 Å². The molecule has 3 N–H and O–H groups in total. The van der Waals surface area contributed by atoms with Gasteiger partial charge in [0.2, 0.25) is 11.8 Å². The van der Waals surface area contributed by atoms with Crippen LogP contribution in [0.4, 0.5) is 5.82 Å². The molecule has 6 heteroatoms. The van der Waals surface area contributed by atoms with E-state index in [0.29, 0.717) is 25.9 Å². The topological polar surface area (TPSA) is 83.1 Å². The molecule has 1 aromatic heterocycles. The Balaban J connectivity index is 1.46. The van der Waals surface area contributed by atoms with E-state index in [9.17, 15) is 9.59 Å². The van der Waals surface area contributed by atoms with Gasteiger partial charge in [0.25, 0.3) is 0 Å². The predicted octanol–water partition coefficient (Wildman–Crippen LogP) is 1.04. The number of anilines is 1. The molecule has 3 rings (SSSR count). The predicted molar refractivity (Wildman–Crippen MR) is 84.4 cm³/mol. The van der Waals surface area contributed by atoms with Gasteiger partial charge in [0, 0.05) is 24.9 Å². The zero-order chi connectivity index (χ0) is 15.4. The van der Waals surface area contributed by atoms with Crippen molar-refractivity contribution in [2.24, 2.45) is 0 Å². The number of carbonyl (C=O) groups is 2. The van der Waals surface area contributed by atoms with Gasteiger partial charge in [-0.1, -0.05) is 18.2 Å². The van der Waals surface area contributed by atoms with Gasteiger partial charge in [-0.25, -0.2) is 4.98 Å². The molecular formula is C16H18N4O2. The Kier molecular flexibility index (Phi) is 4.18. The molecular weight excluding hydrogens is 280 g/mol. The Bertz CT molecular complexity index is 701. The van der Waals surface area contributed by atoms with Crippen LogP contribution in [0.3, 0.4) is 0 Å². The van der Waals surface area contributed by atoms with E-state index in [0.717, 1.165) is 16.7 Å². The van der Waals surface area contributed by atoms with Crippen LogP contribution in [-0.4, -0.2) is 35.9 Å². The molecule has 2 heterocycles. The third-order valence-corrected chi connectivity index (χ3v) is 3.64. The van der Waals surface area contributed by atoms with Crippen LogP contribution in [-0.2, 0) is 9.59 Å². The lowest BCUT2D eigenvalue weighted by atomic mass is 10.2. The number of para-hydroxylation sites is 1. The van der Waals surface area contributed by atoms with E-state index in [2.05, 4.69) is 20.9 Å². The van der Waals surface area contributed by atoms with Crippen molar-refractivity contribution < 1.29 is 9.59 Å². The summed E-state index contributed by atoms with van der Waals surface area (Å²) in [5.74, 6) is 0.597. The number of benzene rings is 1. The summed E-state index contributed by atoms with van der Waals surface area (Å²) in [7, 11) is 0. The number of carbonyl (C=O) groups excluding carboxylic acids is 2. The molecule has 114 valence electrons. The van der Waals surface area contributed by atoms with Gasteiger partial charge in [-0.05, 0) is 24.6 Å². The number of amides is 2. The standard InChI is InChI=1S/C16H18N4O2/c21-15-8-6-13(20-15)16(22)18-10-9-17-14-7-5-11-3-1-2-4-12(11)19-14/h1-5,7,13H,6,8-10H2,(H,17,19)(H,18,22)(H,20,21)/t13-/m0/s1. The molecule has 1 fully saturated rings. The van der Waals surface area contributed by atoms with Crippen LogP contribution in [0.15, 0.2) is 36.4 Å². The third kappa shape index (κ3) is 3.33. The third-order valence-electron chi connectivity index (χ3n) is 3.64. The van der Waals surface area contributed by atoms with Crippen molar-refractivity contribution in [1.82, 2.24) is 15.6 Å². The van der Waals surface area contributed by atoms with E-state index in [1.54, 1.807) is 0 Å². The number of nitrogens with zero attached hydrogens (tertiary/aromatic N) is 1. The van der Waals surface area contributed by atoms with Gasteiger partial charge in [0.1, 0.15) is 11.9 Å². The summed E-state index contributed by atoms with van der Waals surface area (Å²) >= 11 is 0. The highest BCUT2D eigenvalue weighted by molar-refractivity contribution is 5.90. The SMILES string of the molecule is O=C1CC[C@@H](C(=O)NCCNc2ccc3ccccc3n2)N1. The van der Waals surface area contributed by atoms with Crippen molar-refractivity contribution in [2.75, 3.05) is 18.4 Å². The molecule has 2 aromatic rings. The van der Waals surface area contributed by atoms with E-state index in [-0.39, 0.29) is 17.9 Å². The zero-order valence-corrected chi connectivity index (χ0v) is 12.1. The lowest BCUT2D eigenvalue weighted by Gasteiger charge is -2.11. The monoisotopic (exact) mass is 298 g/mol.